The van der Waals surface area contributed by atoms with Gasteiger partial charge in [0, 0.05) is 31.3 Å². The van der Waals surface area contributed by atoms with Crippen LogP contribution >= 0.6 is 0 Å². The van der Waals surface area contributed by atoms with Crippen molar-refractivity contribution in [3.8, 4) is 11.1 Å². The molecule has 1 atom stereocenters. The second-order valence-corrected chi connectivity index (χ2v) is 7.20. The van der Waals surface area contributed by atoms with E-state index in [1.807, 2.05) is 18.2 Å². The molecule has 0 amide bonds. The quantitative estimate of drug-likeness (QED) is 0.686. The zero-order chi connectivity index (χ0) is 19.3. The highest BCUT2D eigenvalue weighted by Crippen LogP contribution is 2.32. The monoisotopic (exact) mass is 378 g/mol. The van der Waals surface area contributed by atoms with E-state index in [1.54, 1.807) is 6.07 Å². The van der Waals surface area contributed by atoms with Gasteiger partial charge in [-0.15, -0.1) is 0 Å². The first-order valence-electron chi connectivity index (χ1n) is 9.77. The second kappa shape index (κ2) is 8.63. The van der Waals surface area contributed by atoms with Crippen molar-refractivity contribution in [1.29, 1.82) is 0 Å². The standard InChI is InChI=1S/C24H24F2N2/c25-21-11-12-22(23(26)17-21)24(28-15-4-13-27-14-16-28)20-9-7-19(8-10-20)18-5-2-1-3-6-18/h1-3,5-12,17,24,27H,4,13-16H2. The van der Waals surface area contributed by atoms with E-state index in [0.29, 0.717) is 5.56 Å². The number of benzene rings is 3. The largest absolute Gasteiger partial charge is 0.315 e. The Bertz CT molecular complexity index is 902. The van der Waals surface area contributed by atoms with Gasteiger partial charge in [0.05, 0.1) is 6.04 Å². The van der Waals surface area contributed by atoms with Gasteiger partial charge in [-0.25, -0.2) is 8.78 Å². The molecule has 0 spiro atoms. The first-order chi connectivity index (χ1) is 13.7. The Morgan fingerprint density at radius 3 is 2.29 bits per heavy atom. The normalized spacial score (nSPS) is 16.5. The molecule has 28 heavy (non-hydrogen) atoms. The predicted octanol–water partition coefficient (Wildman–Crippen LogP) is 5.02. The molecule has 4 heteroatoms. The Morgan fingerprint density at radius 1 is 0.786 bits per heavy atom. The molecular formula is C24H24F2N2. The van der Waals surface area contributed by atoms with Crippen LogP contribution < -0.4 is 5.32 Å². The van der Waals surface area contributed by atoms with Gasteiger partial charge in [0.15, 0.2) is 0 Å². The van der Waals surface area contributed by atoms with Crippen molar-refractivity contribution in [2.75, 3.05) is 26.2 Å². The minimum Gasteiger partial charge on any atom is -0.315 e. The van der Waals surface area contributed by atoms with Gasteiger partial charge in [0.25, 0.3) is 0 Å². The van der Waals surface area contributed by atoms with Crippen molar-refractivity contribution in [3.63, 3.8) is 0 Å². The molecule has 1 heterocycles. The molecule has 3 aromatic carbocycles. The summed E-state index contributed by atoms with van der Waals surface area (Å²) >= 11 is 0. The van der Waals surface area contributed by atoms with Crippen molar-refractivity contribution >= 4 is 0 Å². The third kappa shape index (κ3) is 4.13. The van der Waals surface area contributed by atoms with Crippen molar-refractivity contribution < 1.29 is 8.78 Å². The van der Waals surface area contributed by atoms with Crippen LogP contribution in [0.15, 0.2) is 72.8 Å². The van der Waals surface area contributed by atoms with Gasteiger partial charge in [-0.05, 0) is 35.7 Å². The molecule has 0 radical (unpaired) electrons. The lowest BCUT2D eigenvalue weighted by Gasteiger charge is -2.31. The fraction of sp³-hybridized carbons (Fsp3) is 0.250. The van der Waals surface area contributed by atoms with Crippen LogP contribution in [-0.4, -0.2) is 31.1 Å². The van der Waals surface area contributed by atoms with Crippen LogP contribution in [0.2, 0.25) is 0 Å². The van der Waals surface area contributed by atoms with Gasteiger partial charge in [-0.3, -0.25) is 4.90 Å². The summed E-state index contributed by atoms with van der Waals surface area (Å²) in [6, 6.07) is 22.2. The van der Waals surface area contributed by atoms with Crippen LogP contribution in [0.4, 0.5) is 8.78 Å². The van der Waals surface area contributed by atoms with Crippen molar-refractivity contribution in [3.05, 3.63) is 95.6 Å². The van der Waals surface area contributed by atoms with Gasteiger partial charge in [-0.1, -0.05) is 60.7 Å². The van der Waals surface area contributed by atoms with E-state index >= 15 is 0 Å². The number of halogens is 2. The van der Waals surface area contributed by atoms with Gasteiger partial charge in [0.2, 0.25) is 0 Å². The molecule has 1 fully saturated rings. The maximum absolute atomic E-state index is 14.7. The molecule has 0 aromatic heterocycles. The minimum absolute atomic E-state index is 0.231. The highest BCUT2D eigenvalue weighted by atomic mass is 19.1. The van der Waals surface area contributed by atoms with E-state index in [0.717, 1.165) is 55.4 Å². The Morgan fingerprint density at radius 2 is 1.54 bits per heavy atom. The van der Waals surface area contributed by atoms with Crippen LogP contribution in [0.3, 0.4) is 0 Å². The maximum Gasteiger partial charge on any atom is 0.131 e. The summed E-state index contributed by atoms with van der Waals surface area (Å²) in [4.78, 5) is 2.29. The second-order valence-electron chi connectivity index (χ2n) is 7.20. The minimum atomic E-state index is -0.544. The molecule has 0 saturated carbocycles. The van der Waals surface area contributed by atoms with Crippen LogP contribution in [0, 0.1) is 11.6 Å². The first kappa shape index (κ1) is 18.8. The average molecular weight is 378 g/mol. The zero-order valence-electron chi connectivity index (χ0n) is 15.7. The van der Waals surface area contributed by atoms with Crippen molar-refractivity contribution in [1.82, 2.24) is 10.2 Å². The molecule has 0 aliphatic carbocycles. The van der Waals surface area contributed by atoms with E-state index in [1.165, 1.54) is 6.07 Å². The van der Waals surface area contributed by atoms with E-state index < -0.39 is 11.6 Å². The summed E-state index contributed by atoms with van der Waals surface area (Å²) in [7, 11) is 0. The highest BCUT2D eigenvalue weighted by Gasteiger charge is 2.26. The van der Waals surface area contributed by atoms with Gasteiger partial charge in [0.1, 0.15) is 11.6 Å². The third-order valence-corrected chi connectivity index (χ3v) is 5.33. The molecular weight excluding hydrogens is 354 g/mol. The Labute approximate surface area is 164 Å². The summed E-state index contributed by atoms with van der Waals surface area (Å²) in [5, 5.41) is 3.39. The summed E-state index contributed by atoms with van der Waals surface area (Å²) in [6.45, 7) is 3.51. The molecule has 1 aliphatic rings. The van der Waals surface area contributed by atoms with E-state index in [2.05, 4.69) is 46.6 Å². The molecule has 0 bridgehead atoms. The molecule has 3 aromatic rings. The zero-order valence-corrected chi connectivity index (χ0v) is 15.7. The van der Waals surface area contributed by atoms with Gasteiger partial charge >= 0.3 is 0 Å². The summed E-state index contributed by atoms with van der Waals surface area (Å²) in [6.07, 6.45) is 1.00. The van der Waals surface area contributed by atoms with Crippen molar-refractivity contribution in [2.24, 2.45) is 0 Å². The molecule has 1 saturated heterocycles. The maximum atomic E-state index is 14.7. The molecule has 2 nitrogen and oxygen atoms in total. The number of nitrogens with one attached hydrogen (secondary N) is 1. The predicted molar refractivity (Wildman–Crippen MR) is 109 cm³/mol. The molecule has 1 N–H and O–H groups in total. The highest BCUT2D eigenvalue weighted by molar-refractivity contribution is 5.63. The van der Waals surface area contributed by atoms with Gasteiger partial charge < -0.3 is 5.32 Å². The van der Waals surface area contributed by atoms with Gasteiger partial charge in [-0.2, -0.15) is 0 Å². The Balaban J connectivity index is 1.72. The lowest BCUT2D eigenvalue weighted by Crippen LogP contribution is -2.33. The number of hydrogen-bond donors (Lipinski definition) is 1. The number of rotatable bonds is 4. The third-order valence-electron chi connectivity index (χ3n) is 5.33. The molecule has 1 unspecified atom stereocenters. The summed E-state index contributed by atoms with van der Waals surface area (Å²) in [5.41, 5.74) is 3.82. The van der Waals surface area contributed by atoms with Crippen LogP contribution in [-0.2, 0) is 0 Å². The lowest BCUT2D eigenvalue weighted by molar-refractivity contribution is 0.236. The first-order valence-corrected chi connectivity index (χ1v) is 9.77. The summed E-state index contributed by atoms with van der Waals surface area (Å²) in [5.74, 6) is -1.04. The van der Waals surface area contributed by atoms with Crippen LogP contribution in [0.25, 0.3) is 11.1 Å². The van der Waals surface area contributed by atoms with Crippen LogP contribution in [0.5, 0.6) is 0 Å². The molecule has 4 rings (SSSR count). The Kier molecular flexibility index (Phi) is 5.79. The molecule has 144 valence electrons. The van der Waals surface area contributed by atoms with E-state index in [4.69, 9.17) is 0 Å². The Hall–Kier alpha value is -2.56. The van der Waals surface area contributed by atoms with Crippen molar-refractivity contribution in [2.45, 2.75) is 12.5 Å². The topological polar surface area (TPSA) is 15.3 Å². The number of hydrogen-bond acceptors (Lipinski definition) is 2. The SMILES string of the molecule is Fc1ccc(C(c2ccc(-c3ccccc3)cc2)N2CCCNCC2)c(F)c1. The number of nitrogens with zero attached hydrogens (tertiary/aromatic N) is 1. The summed E-state index contributed by atoms with van der Waals surface area (Å²) < 4.78 is 28.2. The molecule has 1 aliphatic heterocycles. The lowest BCUT2D eigenvalue weighted by atomic mass is 9.94. The fourth-order valence-electron chi connectivity index (χ4n) is 3.92. The van der Waals surface area contributed by atoms with E-state index in [9.17, 15) is 8.78 Å². The average Bonchev–Trinajstić information content (AvgIpc) is 3.00. The fourth-order valence-corrected chi connectivity index (χ4v) is 3.92. The van der Waals surface area contributed by atoms with Crippen LogP contribution in [0.1, 0.15) is 23.6 Å². The smallest absolute Gasteiger partial charge is 0.131 e. The van der Waals surface area contributed by atoms with E-state index in [-0.39, 0.29) is 6.04 Å².